The molecule has 1 fully saturated rings. The Balaban J connectivity index is 2.19. The minimum atomic E-state index is 0.350. The van der Waals surface area contributed by atoms with E-state index < -0.39 is 0 Å². The number of nitrogens with zero attached hydrogens (tertiary/aromatic N) is 3. The van der Waals surface area contributed by atoms with E-state index in [1.807, 2.05) is 13.2 Å². The Bertz CT molecular complexity index is 452. The Morgan fingerprint density at radius 1 is 1.30 bits per heavy atom. The van der Waals surface area contributed by atoms with Crippen molar-refractivity contribution >= 4 is 5.69 Å². The summed E-state index contributed by atoms with van der Waals surface area (Å²) >= 11 is 0. The van der Waals surface area contributed by atoms with Gasteiger partial charge in [-0.05, 0) is 53.4 Å². The summed E-state index contributed by atoms with van der Waals surface area (Å²) in [5.41, 5.74) is 4.01. The summed E-state index contributed by atoms with van der Waals surface area (Å²) in [6, 6.07) is 2.20. The summed E-state index contributed by atoms with van der Waals surface area (Å²) in [5.74, 6) is 0. The molecule has 2 rings (SSSR count). The molecule has 1 heterocycles. The lowest BCUT2D eigenvalue weighted by Crippen LogP contribution is -2.56. The van der Waals surface area contributed by atoms with Gasteiger partial charge in [0.1, 0.15) is 0 Å². The first-order valence-electron chi connectivity index (χ1n) is 7.47. The van der Waals surface area contributed by atoms with Crippen molar-refractivity contribution in [3.05, 3.63) is 23.5 Å². The molecule has 0 amide bonds. The van der Waals surface area contributed by atoms with Gasteiger partial charge in [0.25, 0.3) is 0 Å². The standard InChI is InChI=1S/C16H28N4/c1-13-9-15(14(10-17-2)11-18-13)20(5)12-16(19(3)4)7-6-8-16/h9,11,17H,6-8,10,12H2,1-5H3. The molecule has 1 aliphatic carbocycles. The minimum Gasteiger partial charge on any atom is -0.372 e. The maximum atomic E-state index is 4.43. The molecule has 0 atom stereocenters. The van der Waals surface area contributed by atoms with E-state index >= 15 is 0 Å². The van der Waals surface area contributed by atoms with Crippen molar-refractivity contribution in [2.45, 2.75) is 38.3 Å². The van der Waals surface area contributed by atoms with Gasteiger partial charge in [-0.3, -0.25) is 4.98 Å². The molecule has 1 aromatic rings. The van der Waals surface area contributed by atoms with Crippen molar-refractivity contribution in [1.82, 2.24) is 15.2 Å². The second kappa shape index (κ2) is 6.10. The van der Waals surface area contributed by atoms with E-state index in [4.69, 9.17) is 0 Å². The number of anilines is 1. The molecule has 112 valence electrons. The fraction of sp³-hybridized carbons (Fsp3) is 0.688. The quantitative estimate of drug-likeness (QED) is 0.861. The molecule has 1 aromatic heterocycles. The molecule has 1 saturated carbocycles. The highest BCUT2D eigenvalue weighted by Gasteiger charge is 2.40. The summed E-state index contributed by atoms with van der Waals surface area (Å²) in [6.45, 7) is 4.01. The number of aryl methyl sites for hydroxylation is 1. The van der Waals surface area contributed by atoms with E-state index in [1.54, 1.807) is 0 Å². The maximum Gasteiger partial charge on any atom is 0.0443 e. The SMILES string of the molecule is CNCc1cnc(C)cc1N(C)CC1(N(C)C)CCC1. The number of rotatable bonds is 6. The second-order valence-corrected chi connectivity index (χ2v) is 6.31. The third kappa shape index (κ3) is 2.96. The van der Waals surface area contributed by atoms with Crippen molar-refractivity contribution in [1.29, 1.82) is 0 Å². The summed E-state index contributed by atoms with van der Waals surface area (Å²) < 4.78 is 0. The minimum absolute atomic E-state index is 0.350. The van der Waals surface area contributed by atoms with Gasteiger partial charge in [-0.2, -0.15) is 0 Å². The van der Waals surface area contributed by atoms with Crippen LogP contribution in [-0.4, -0.2) is 50.2 Å². The molecule has 1 N–H and O–H groups in total. The molecule has 4 nitrogen and oxygen atoms in total. The van der Waals surface area contributed by atoms with Gasteiger partial charge in [0.15, 0.2) is 0 Å². The molecule has 0 saturated heterocycles. The smallest absolute Gasteiger partial charge is 0.0443 e. The first-order chi connectivity index (χ1) is 9.48. The van der Waals surface area contributed by atoms with Crippen molar-refractivity contribution in [2.24, 2.45) is 0 Å². The zero-order chi connectivity index (χ0) is 14.8. The van der Waals surface area contributed by atoms with Crippen LogP contribution < -0.4 is 10.2 Å². The zero-order valence-electron chi connectivity index (χ0n) is 13.5. The Morgan fingerprint density at radius 2 is 2.00 bits per heavy atom. The summed E-state index contributed by atoms with van der Waals surface area (Å²) in [4.78, 5) is 9.23. The van der Waals surface area contributed by atoms with Gasteiger partial charge in [-0.15, -0.1) is 0 Å². The highest BCUT2D eigenvalue weighted by Crippen LogP contribution is 2.37. The van der Waals surface area contributed by atoms with E-state index in [0.29, 0.717) is 5.54 Å². The van der Waals surface area contributed by atoms with Crippen LogP contribution in [-0.2, 0) is 6.54 Å². The summed E-state index contributed by atoms with van der Waals surface area (Å²) in [5, 5.41) is 3.24. The first kappa shape index (κ1) is 15.3. The molecular formula is C16H28N4. The third-order valence-electron chi connectivity index (χ3n) is 4.64. The average Bonchev–Trinajstić information content (AvgIpc) is 2.35. The lowest BCUT2D eigenvalue weighted by Gasteiger charge is -2.49. The maximum absolute atomic E-state index is 4.43. The number of pyridine rings is 1. The van der Waals surface area contributed by atoms with Gasteiger partial charge < -0.3 is 15.1 Å². The predicted octanol–water partition coefficient (Wildman–Crippen LogP) is 2.03. The normalized spacial score (nSPS) is 17.1. The Kier molecular flexibility index (Phi) is 4.66. The molecule has 0 bridgehead atoms. The highest BCUT2D eigenvalue weighted by molar-refractivity contribution is 5.53. The van der Waals surface area contributed by atoms with Crippen LogP contribution in [0.3, 0.4) is 0 Å². The van der Waals surface area contributed by atoms with E-state index in [9.17, 15) is 0 Å². The van der Waals surface area contributed by atoms with Crippen molar-refractivity contribution in [3.63, 3.8) is 0 Å². The van der Waals surface area contributed by atoms with E-state index in [2.05, 4.69) is 54.2 Å². The first-order valence-corrected chi connectivity index (χ1v) is 7.47. The predicted molar refractivity (Wildman–Crippen MR) is 85.3 cm³/mol. The van der Waals surface area contributed by atoms with Crippen LogP contribution in [0, 0.1) is 6.92 Å². The number of hydrogen-bond donors (Lipinski definition) is 1. The van der Waals surface area contributed by atoms with Gasteiger partial charge in [0, 0.05) is 48.8 Å². The molecule has 0 unspecified atom stereocenters. The van der Waals surface area contributed by atoms with Gasteiger partial charge >= 0.3 is 0 Å². The lowest BCUT2D eigenvalue weighted by molar-refractivity contribution is 0.0683. The molecular weight excluding hydrogens is 248 g/mol. The molecule has 0 radical (unpaired) electrons. The average molecular weight is 276 g/mol. The Morgan fingerprint density at radius 3 is 2.50 bits per heavy atom. The number of nitrogens with one attached hydrogen (secondary N) is 1. The van der Waals surface area contributed by atoms with Crippen LogP contribution in [0.4, 0.5) is 5.69 Å². The van der Waals surface area contributed by atoms with E-state index in [0.717, 1.165) is 18.8 Å². The van der Waals surface area contributed by atoms with Crippen LogP contribution in [0.2, 0.25) is 0 Å². The molecule has 0 aromatic carbocycles. The third-order valence-corrected chi connectivity index (χ3v) is 4.64. The monoisotopic (exact) mass is 276 g/mol. The topological polar surface area (TPSA) is 31.4 Å². The Labute approximate surface area is 123 Å². The largest absolute Gasteiger partial charge is 0.372 e. The van der Waals surface area contributed by atoms with Gasteiger partial charge in [-0.1, -0.05) is 0 Å². The highest BCUT2D eigenvalue weighted by atomic mass is 15.2. The number of hydrogen-bond acceptors (Lipinski definition) is 4. The summed E-state index contributed by atoms with van der Waals surface area (Å²) in [6.07, 6.45) is 5.96. The molecule has 4 heteroatoms. The van der Waals surface area contributed by atoms with Crippen LogP contribution in [0.1, 0.15) is 30.5 Å². The molecule has 0 aliphatic heterocycles. The fourth-order valence-electron chi connectivity index (χ4n) is 3.11. The van der Waals surface area contributed by atoms with Crippen LogP contribution in [0.25, 0.3) is 0 Å². The Hall–Kier alpha value is -1.13. The van der Waals surface area contributed by atoms with Crippen molar-refractivity contribution < 1.29 is 0 Å². The second-order valence-electron chi connectivity index (χ2n) is 6.31. The molecule has 20 heavy (non-hydrogen) atoms. The molecule has 1 aliphatic rings. The summed E-state index contributed by atoms with van der Waals surface area (Å²) in [7, 11) is 8.60. The van der Waals surface area contributed by atoms with Crippen LogP contribution >= 0.6 is 0 Å². The van der Waals surface area contributed by atoms with E-state index in [-0.39, 0.29) is 0 Å². The van der Waals surface area contributed by atoms with Crippen molar-refractivity contribution in [2.75, 3.05) is 39.6 Å². The number of likely N-dealkylation sites (N-methyl/N-ethyl adjacent to an activating group) is 2. The van der Waals surface area contributed by atoms with Gasteiger partial charge in [0.05, 0.1) is 0 Å². The van der Waals surface area contributed by atoms with Crippen molar-refractivity contribution in [3.8, 4) is 0 Å². The van der Waals surface area contributed by atoms with Crippen LogP contribution in [0.15, 0.2) is 12.3 Å². The number of aromatic nitrogens is 1. The van der Waals surface area contributed by atoms with Gasteiger partial charge in [-0.25, -0.2) is 0 Å². The fourth-order valence-corrected chi connectivity index (χ4v) is 3.11. The van der Waals surface area contributed by atoms with Gasteiger partial charge in [0.2, 0.25) is 0 Å². The molecule has 0 spiro atoms. The lowest BCUT2D eigenvalue weighted by atomic mass is 9.75. The zero-order valence-corrected chi connectivity index (χ0v) is 13.5. The van der Waals surface area contributed by atoms with Crippen LogP contribution in [0.5, 0.6) is 0 Å². The van der Waals surface area contributed by atoms with E-state index in [1.165, 1.54) is 30.5 Å².